The number of hydrogen-bond acceptors (Lipinski definition) is 4. The van der Waals surface area contributed by atoms with E-state index in [0.29, 0.717) is 17.5 Å². The monoisotopic (exact) mass is 677 g/mol. The van der Waals surface area contributed by atoms with Crippen LogP contribution in [0.5, 0.6) is 0 Å². The van der Waals surface area contributed by atoms with Crippen LogP contribution >= 0.6 is 0 Å². The molecule has 0 atom stereocenters. The molecule has 0 radical (unpaired) electrons. The van der Waals surface area contributed by atoms with Gasteiger partial charge in [-0.05, 0) is 68.4 Å². The SMILES string of the molecule is c1ccc(-c2cccc(-c3nc(-c4ccccc4)nc(-c4c(-c5ccc(-c6cccc7ccccc67)cc5)ccc5oc6ccccc6c45)n3)c2)cc1. The van der Waals surface area contributed by atoms with Gasteiger partial charge in [-0.15, -0.1) is 0 Å². The summed E-state index contributed by atoms with van der Waals surface area (Å²) < 4.78 is 6.45. The maximum absolute atomic E-state index is 6.45. The third-order valence-corrected chi connectivity index (χ3v) is 9.96. The third-order valence-electron chi connectivity index (χ3n) is 9.96. The van der Waals surface area contributed by atoms with E-state index < -0.39 is 0 Å². The number of furan rings is 1. The molecule has 2 heterocycles. The minimum atomic E-state index is 0.587. The molecule has 10 rings (SSSR count). The first-order valence-electron chi connectivity index (χ1n) is 17.8. The lowest BCUT2D eigenvalue weighted by Gasteiger charge is -2.14. The van der Waals surface area contributed by atoms with Crippen LogP contribution in [0.15, 0.2) is 192 Å². The number of rotatable bonds is 6. The second-order valence-electron chi connectivity index (χ2n) is 13.2. The Kier molecular flexibility index (Phi) is 7.43. The molecule has 0 aliphatic carbocycles. The summed E-state index contributed by atoms with van der Waals surface area (Å²) in [6, 6.07) is 65.2. The van der Waals surface area contributed by atoms with Gasteiger partial charge in [-0.1, -0.05) is 164 Å². The van der Waals surface area contributed by atoms with Crippen LogP contribution in [0.2, 0.25) is 0 Å². The predicted octanol–water partition coefficient (Wildman–Crippen LogP) is 12.9. The first kappa shape index (κ1) is 30.6. The fraction of sp³-hybridized carbons (Fsp3) is 0. The van der Waals surface area contributed by atoms with Crippen molar-refractivity contribution < 1.29 is 4.42 Å². The van der Waals surface area contributed by atoms with Gasteiger partial charge in [0.2, 0.25) is 0 Å². The molecular weight excluding hydrogens is 647 g/mol. The quantitative estimate of drug-likeness (QED) is 0.176. The maximum Gasteiger partial charge on any atom is 0.165 e. The molecular formula is C49H31N3O. The zero-order valence-electron chi connectivity index (χ0n) is 28.6. The molecule has 10 aromatic rings. The molecule has 0 amide bonds. The Morgan fingerprint density at radius 3 is 1.68 bits per heavy atom. The average Bonchev–Trinajstić information content (AvgIpc) is 3.62. The topological polar surface area (TPSA) is 51.8 Å². The molecule has 53 heavy (non-hydrogen) atoms. The van der Waals surface area contributed by atoms with Crippen molar-refractivity contribution in [3.63, 3.8) is 0 Å². The summed E-state index contributed by atoms with van der Waals surface area (Å²) in [5.74, 6) is 1.80. The molecule has 0 N–H and O–H groups in total. The van der Waals surface area contributed by atoms with E-state index in [-0.39, 0.29) is 0 Å². The highest BCUT2D eigenvalue weighted by atomic mass is 16.3. The van der Waals surface area contributed by atoms with Crippen molar-refractivity contribution >= 4 is 32.7 Å². The zero-order chi connectivity index (χ0) is 35.1. The maximum atomic E-state index is 6.45. The molecule has 0 bridgehead atoms. The van der Waals surface area contributed by atoms with E-state index in [0.717, 1.165) is 66.4 Å². The molecule has 0 spiro atoms. The molecule has 0 saturated heterocycles. The molecule has 2 aromatic heterocycles. The zero-order valence-corrected chi connectivity index (χ0v) is 28.6. The summed E-state index contributed by atoms with van der Waals surface area (Å²) in [4.78, 5) is 15.6. The van der Waals surface area contributed by atoms with Gasteiger partial charge < -0.3 is 4.42 Å². The fourth-order valence-electron chi connectivity index (χ4n) is 7.40. The van der Waals surface area contributed by atoms with Gasteiger partial charge in [-0.3, -0.25) is 0 Å². The Morgan fingerprint density at radius 1 is 0.321 bits per heavy atom. The van der Waals surface area contributed by atoms with Crippen LogP contribution in [-0.4, -0.2) is 15.0 Å². The highest BCUT2D eigenvalue weighted by Gasteiger charge is 2.22. The van der Waals surface area contributed by atoms with E-state index in [2.05, 4.69) is 140 Å². The van der Waals surface area contributed by atoms with Gasteiger partial charge in [0.1, 0.15) is 11.2 Å². The molecule has 0 aliphatic rings. The Labute approximate surface area is 306 Å². The van der Waals surface area contributed by atoms with E-state index in [1.807, 2.05) is 48.5 Å². The van der Waals surface area contributed by atoms with E-state index in [1.165, 1.54) is 16.3 Å². The third kappa shape index (κ3) is 5.54. The Balaban J connectivity index is 1.21. The predicted molar refractivity (Wildman–Crippen MR) is 217 cm³/mol. The van der Waals surface area contributed by atoms with Crippen LogP contribution in [0.25, 0.3) is 100 Å². The van der Waals surface area contributed by atoms with Crippen molar-refractivity contribution in [1.82, 2.24) is 15.0 Å². The number of para-hydroxylation sites is 1. The summed E-state index contributed by atoms with van der Waals surface area (Å²) in [6.07, 6.45) is 0. The highest BCUT2D eigenvalue weighted by molar-refractivity contribution is 6.15. The lowest BCUT2D eigenvalue weighted by Crippen LogP contribution is -2.01. The van der Waals surface area contributed by atoms with Gasteiger partial charge in [-0.2, -0.15) is 0 Å². The minimum absolute atomic E-state index is 0.587. The van der Waals surface area contributed by atoms with Gasteiger partial charge in [0.15, 0.2) is 17.5 Å². The van der Waals surface area contributed by atoms with Crippen molar-refractivity contribution in [1.29, 1.82) is 0 Å². The van der Waals surface area contributed by atoms with Crippen molar-refractivity contribution in [3.05, 3.63) is 188 Å². The second-order valence-corrected chi connectivity index (χ2v) is 13.2. The van der Waals surface area contributed by atoms with Gasteiger partial charge in [0, 0.05) is 27.5 Å². The molecule has 248 valence electrons. The highest BCUT2D eigenvalue weighted by Crippen LogP contribution is 2.43. The molecule has 0 aliphatic heterocycles. The normalized spacial score (nSPS) is 11.4. The number of benzene rings is 8. The Bertz CT molecular complexity index is 2930. The standard InChI is InChI=1S/C49H31N3O/c1-3-13-32(14-4-1)37-19-11-20-38(31-37)48-50-47(36-16-5-2-6-17-36)51-49(52-48)46-41(29-30-44-45(46)42-22-9-10-24-43(42)53-44)35-27-25-34(26-28-35)40-23-12-18-33-15-7-8-21-39(33)40/h1-31H. The van der Waals surface area contributed by atoms with Gasteiger partial charge in [-0.25, -0.2) is 15.0 Å². The summed E-state index contributed by atoms with van der Waals surface area (Å²) >= 11 is 0. The number of aromatic nitrogens is 3. The number of hydrogen-bond donors (Lipinski definition) is 0. The van der Waals surface area contributed by atoms with Crippen LogP contribution in [0, 0.1) is 0 Å². The number of fused-ring (bicyclic) bond motifs is 4. The molecule has 4 nitrogen and oxygen atoms in total. The smallest absolute Gasteiger partial charge is 0.165 e. The van der Waals surface area contributed by atoms with Crippen molar-refractivity contribution in [2.45, 2.75) is 0 Å². The lowest BCUT2D eigenvalue weighted by molar-refractivity contribution is 0.669. The van der Waals surface area contributed by atoms with Gasteiger partial charge in [0.25, 0.3) is 0 Å². The van der Waals surface area contributed by atoms with Crippen LogP contribution in [-0.2, 0) is 0 Å². The van der Waals surface area contributed by atoms with E-state index >= 15 is 0 Å². The lowest BCUT2D eigenvalue weighted by atomic mass is 9.92. The summed E-state index contributed by atoms with van der Waals surface area (Å²) in [7, 11) is 0. The molecule has 0 unspecified atom stereocenters. The second kappa shape index (κ2) is 12.9. The van der Waals surface area contributed by atoms with Crippen molar-refractivity contribution in [2.75, 3.05) is 0 Å². The first-order chi connectivity index (χ1) is 26.3. The Hall–Kier alpha value is -7.17. The molecule has 0 saturated carbocycles. The van der Waals surface area contributed by atoms with Crippen LogP contribution in [0.3, 0.4) is 0 Å². The fourth-order valence-corrected chi connectivity index (χ4v) is 7.40. The van der Waals surface area contributed by atoms with E-state index in [4.69, 9.17) is 19.4 Å². The molecule has 4 heteroatoms. The van der Waals surface area contributed by atoms with Crippen LogP contribution in [0.1, 0.15) is 0 Å². The average molecular weight is 678 g/mol. The van der Waals surface area contributed by atoms with E-state index in [9.17, 15) is 0 Å². The first-order valence-corrected chi connectivity index (χ1v) is 17.8. The number of nitrogens with zero attached hydrogens (tertiary/aromatic N) is 3. The van der Waals surface area contributed by atoms with Crippen LogP contribution < -0.4 is 0 Å². The van der Waals surface area contributed by atoms with Gasteiger partial charge in [0.05, 0.1) is 0 Å². The van der Waals surface area contributed by atoms with Crippen molar-refractivity contribution in [3.8, 4) is 67.5 Å². The Morgan fingerprint density at radius 2 is 0.887 bits per heavy atom. The minimum Gasteiger partial charge on any atom is -0.456 e. The molecule has 8 aromatic carbocycles. The summed E-state index contributed by atoms with van der Waals surface area (Å²) in [5.41, 5.74) is 11.0. The van der Waals surface area contributed by atoms with Gasteiger partial charge >= 0.3 is 0 Å². The van der Waals surface area contributed by atoms with Crippen molar-refractivity contribution in [2.24, 2.45) is 0 Å². The summed E-state index contributed by atoms with van der Waals surface area (Å²) in [6.45, 7) is 0. The molecule has 0 fully saturated rings. The van der Waals surface area contributed by atoms with E-state index in [1.54, 1.807) is 0 Å². The largest absolute Gasteiger partial charge is 0.456 e. The van der Waals surface area contributed by atoms with Crippen LogP contribution in [0.4, 0.5) is 0 Å². The summed E-state index contributed by atoms with van der Waals surface area (Å²) in [5, 5.41) is 4.45.